The summed E-state index contributed by atoms with van der Waals surface area (Å²) in [6.07, 6.45) is 0.979. The Labute approximate surface area is 165 Å². The van der Waals surface area contributed by atoms with Crippen LogP contribution in [0.1, 0.15) is 0 Å². The Balaban J connectivity index is 0.000000552. The van der Waals surface area contributed by atoms with E-state index in [-0.39, 0.29) is 0 Å². The van der Waals surface area contributed by atoms with Crippen molar-refractivity contribution in [1.82, 2.24) is 0 Å². The predicted molar refractivity (Wildman–Crippen MR) is 104 cm³/mol. The van der Waals surface area contributed by atoms with Crippen LogP contribution in [0.15, 0.2) is 91.0 Å². The Bertz CT molecular complexity index is 658. The molecule has 0 nitrogen and oxygen atoms in total. The summed E-state index contributed by atoms with van der Waals surface area (Å²) >= 11 is 1.14. The second kappa shape index (κ2) is 10.8. The molecule has 26 heavy (non-hydrogen) atoms. The monoisotopic (exact) mass is 446 g/mol. The van der Waals surface area contributed by atoms with E-state index in [0.717, 1.165) is 6.16 Å². The van der Waals surface area contributed by atoms with Crippen LogP contribution in [0.5, 0.6) is 0 Å². The van der Waals surface area contributed by atoms with Crippen LogP contribution in [-0.4, -0.2) is 12.0 Å². The van der Waals surface area contributed by atoms with E-state index >= 15 is 0 Å². The number of rotatable bonds is 5. The van der Waals surface area contributed by atoms with Crippen LogP contribution < -0.4 is 15.9 Å². The van der Waals surface area contributed by atoms with Crippen molar-refractivity contribution in [3.05, 3.63) is 91.0 Å². The van der Waals surface area contributed by atoms with E-state index in [9.17, 15) is 9.95 Å². The molecule has 0 atom stereocenters. The summed E-state index contributed by atoms with van der Waals surface area (Å²) in [6, 6.07) is 32.5. The molecule has 0 saturated carbocycles. The summed E-state index contributed by atoms with van der Waals surface area (Å²) in [5.41, 5.74) is 0. The van der Waals surface area contributed by atoms with Gasteiger partial charge in [0.25, 0.3) is 0 Å². The van der Waals surface area contributed by atoms with Gasteiger partial charge in [0.1, 0.15) is 23.2 Å². The Morgan fingerprint density at radius 3 is 1.12 bits per heavy atom. The zero-order valence-electron chi connectivity index (χ0n) is 14.2. The van der Waals surface area contributed by atoms with E-state index in [1.54, 1.807) is 0 Å². The Hall–Kier alpha value is -1.21. The van der Waals surface area contributed by atoms with Crippen LogP contribution in [0.4, 0.5) is 9.95 Å². The first-order valence-corrected chi connectivity index (χ1v) is 14.2. The second-order valence-corrected chi connectivity index (χ2v) is 10.8. The number of benzene rings is 3. The standard InChI is InChI=1S/C20H19ClP.3FH.Zn/c21-16-17-22(18-10-4-1-5-11-18,19-12-6-2-7-13-19)20-14-8-3-9-15-20;;;;/h1-15H,16-17H2;3*1H;/q+1;;;;+2/p-3. The van der Waals surface area contributed by atoms with Crippen molar-refractivity contribution >= 4 is 34.8 Å². The molecule has 0 amide bonds. The molecule has 0 spiro atoms. The normalized spacial score (nSPS) is 10.6. The molecule has 0 unspecified atom stereocenters. The van der Waals surface area contributed by atoms with Gasteiger partial charge in [0, 0.05) is 0 Å². The molecule has 0 bridgehead atoms. The minimum absolute atomic E-state index is 0.659. The average Bonchev–Trinajstić information content (AvgIpc) is 2.68. The molecule has 0 radical (unpaired) electrons. The van der Waals surface area contributed by atoms with E-state index in [4.69, 9.17) is 11.6 Å². The van der Waals surface area contributed by atoms with E-state index in [2.05, 4.69) is 91.0 Å². The fourth-order valence-electron chi connectivity index (χ4n) is 3.01. The molecule has 0 aliphatic heterocycles. The zero-order valence-corrected chi connectivity index (χ0v) is 18.9. The molecule has 0 aromatic heterocycles. The SMILES string of the molecule is ClCC[P+](c1ccccc1)(c1ccccc1)c1ccccc1.[F][Zn-]([F])[F]. The molecule has 0 aliphatic rings. The van der Waals surface area contributed by atoms with Gasteiger partial charge < -0.3 is 0 Å². The summed E-state index contributed by atoms with van der Waals surface area (Å²) in [7, 11) is -1.69. The van der Waals surface area contributed by atoms with Gasteiger partial charge in [-0.1, -0.05) is 54.6 Å². The Kier molecular flexibility index (Phi) is 8.78. The van der Waals surface area contributed by atoms with Gasteiger partial charge in [-0.25, -0.2) is 0 Å². The van der Waals surface area contributed by atoms with Crippen LogP contribution in [-0.2, 0) is 17.4 Å². The quantitative estimate of drug-likeness (QED) is 0.276. The minimum atomic E-state index is -5.12. The van der Waals surface area contributed by atoms with Gasteiger partial charge in [-0.2, -0.15) is 0 Å². The van der Waals surface area contributed by atoms with Crippen molar-refractivity contribution in [2.24, 2.45) is 0 Å². The molecule has 0 fully saturated rings. The van der Waals surface area contributed by atoms with Crippen LogP contribution in [0, 0.1) is 0 Å². The van der Waals surface area contributed by atoms with Gasteiger partial charge in [-0.3, -0.25) is 0 Å². The molecule has 3 aromatic carbocycles. The number of hydrogen-bond donors (Lipinski definition) is 0. The van der Waals surface area contributed by atoms with Crippen molar-refractivity contribution in [1.29, 1.82) is 0 Å². The van der Waals surface area contributed by atoms with E-state index in [1.165, 1.54) is 15.9 Å². The van der Waals surface area contributed by atoms with Gasteiger partial charge >= 0.3 is 27.4 Å². The molecule has 3 rings (SSSR count). The van der Waals surface area contributed by atoms with Gasteiger partial charge in [0.15, 0.2) is 0 Å². The number of alkyl halides is 1. The molecule has 134 valence electrons. The van der Waals surface area contributed by atoms with Crippen molar-refractivity contribution in [3.8, 4) is 0 Å². The molecule has 3 aromatic rings. The predicted octanol–water partition coefficient (Wildman–Crippen LogP) is 5.48. The first-order valence-electron chi connectivity index (χ1n) is 8.29. The van der Waals surface area contributed by atoms with Gasteiger partial charge in [0.05, 0.1) is 12.0 Å². The molecule has 6 heteroatoms. The first-order chi connectivity index (χ1) is 12.6. The molecular weight excluding hydrogens is 429 g/mol. The maximum absolute atomic E-state index is 9.88. The third kappa shape index (κ3) is 5.40. The van der Waals surface area contributed by atoms with Crippen LogP contribution >= 0.6 is 18.9 Å². The first kappa shape index (κ1) is 21.1. The molecule has 0 aliphatic carbocycles. The van der Waals surface area contributed by atoms with Gasteiger partial charge in [-0.05, 0) is 36.4 Å². The number of halogens is 4. The van der Waals surface area contributed by atoms with Crippen molar-refractivity contribution < 1.29 is 27.4 Å². The molecule has 0 N–H and O–H groups in total. The Morgan fingerprint density at radius 1 is 0.615 bits per heavy atom. The molecule has 0 heterocycles. The summed E-state index contributed by atoms with van der Waals surface area (Å²) in [6.45, 7) is 0. The molecule has 0 saturated heterocycles. The summed E-state index contributed by atoms with van der Waals surface area (Å²) in [5, 5.41) is 4.19. The Morgan fingerprint density at radius 2 is 0.885 bits per heavy atom. The van der Waals surface area contributed by atoms with E-state index in [1.807, 2.05) is 0 Å². The topological polar surface area (TPSA) is 0 Å². The fourth-order valence-corrected chi connectivity index (χ4v) is 7.74. The average molecular weight is 448 g/mol. The second-order valence-electron chi connectivity index (χ2n) is 5.53. The summed E-state index contributed by atoms with van der Waals surface area (Å²) in [5.74, 6) is 0.659. The number of hydrogen-bond acceptors (Lipinski definition) is 0. The van der Waals surface area contributed by atoms with E-state index < -0.39 is 24.7 Å². The van der Waals surface area contributed by atoms with Crippen molar-refractivity contribution in [2.75, 3.05) is 12.0 Å². The fraction of sp³-hybridized carbons (Fsp3) is 0.100. The summed E-state index contributed by atoms with van der Waals surface area (Å²) < 4.78 is 29.6. The third-order valence-electron chi connectivity index (χ3n) is 4.01. The third-order valence-corrected chi connectivity index (χ3v) is 8.90. The van der Waals surface area contributed by atoms with Crippen LogP contribution in [0.25, 0.3) is 0 Å². The van der Waals surface area contributed by atoms with Crippen LogP contribution in [0.2, 0.25) is 0 Å². The molecular formula is C20H19ClF3PZn. The van der Waals surface area contributed by atoms with E-state index in [0.29, 0.717) is 5.88 Å². The van der Waals surface area contributed by atoms with Crippen molar-refractivity contribution in [3.63, 3.8) is 0 Å². The summed E-state index contributed by atoms with van der Waals surface area (Å²) in [4.78, 5) is 0. The van der Waals surface area contributed by atoms with Crippen molar-refractivity contribution in [2.45, 2.75) is 0 Å². The maximum atomic E-state index is 9.88. The zero-order chi connectivity index (χ0) is 18.8. The van der Waals surface area contributed by atoms with Gasteiger partial charge in [0.2, 0.25) is 0 Å². The van der Waals surface area contributed by atoms with Crippen LogP contribution in [0.3, 0.4) is 0 Å². The van der Waals surface area contributed by atoms with Gasteiger partial charge in [-0.15, -0.1) is 11.6 Å².